The lowest BCUT2D eigenvalue weighted by Gasteiger charge is -2.15. The molecule has 0 spiro atoms. The van der Waals surface area contributed by atoms with Crippen LogP contribution in [-0.2, 0) is 0 Å². The number of methoxy groups -OCH3 is 2. The zero-order valence-corrected chi connectivity index (χ0v) is 43.5. The van der Waals surface area contributed by atoms with Gasteiger partial charge in [0.15, 0.2) is 11.3 Å². The van der Waals surface area contributed by atoms with E-state index in [4.69, 9.17) is 9.47 Å². The third-order valence-electron chi connectivity index (χ3n) is 13.2. The Morgan fingerprint density at radius 2 is 1.01 bits per heavy atom. The van der Waals surface area contributed by atoms with Crippen molar-refractivity contribution in [2.24, 2.45) is 0 Å². The Balaban J connectivity index is 0.000000194. The zero-order chi connectivity index (χ0) is 57.2. The number of alkyl halides is 6. The number of hydrogen-bond donors (Lipinski definition) is 4. The lowest BCUT2D eigenvalue weighted by atomic mass is 10.0. The number of benzene rings is 4. The molecule has 0 saturated heterocycles. The summed E-state index contributed by atoms with van der Waals surface area (Å²) < 4.78 is 119. The van der Waals surface area contributed by atoms with Crippen LogP contribution in [0.3, 0.4) is 0 Å². The number of ketones is 1. The number of carbonyl (C=O) groups is 3. The average Bonchev–Trinajstić information content (AvgIpc) is 4.35. The van der Waals surface area contributed by atoms with E-state index >= 15 is 0 Å². The highest BCUT2D eigenvalue weighted by Gasteiger charge is 2.30. The summed E-state index contributed by atoms with van der Waals surface area (Å²) in [6.45, 7) is 6.85. The Morgan fingerprint density at radius 1 is 0.588 bits per heavy atom. The molecule has 0 aliphatic heterocycles. The maximum atomic E-state index is 14.1. The van der Waals surface area contributed by atoms with Crippen LogP contribution in [-0.4, -0.2) is 98.5 Å². The summed E-state index contributed by atoms with van der Waals surface area (Å²) in [5.41, 5.74) is 6.42. The number of hydrogen-bond acceptors (Lipinski definition) is 11. The molecule has 2 fully saturated rings. The first-order valence-corrected chi connectivity index (χ1v) is 25.2. The average molecular weight is 1110 g/mol. The molecule has 2 aliphatic carbocycles. The number of nitrogens with zero attached hydrogens (tertiary/aromatic N) is 6. The topological polar surface area (TPSA) is 178 Å². The van der Waals surface area contributed by atoms with Gasteiger partial charge in [-0.3, -0.25) is 14.4 Å². The molecule has 80 heavy (non-hydrogen) atoms. The van der Waals surface area contributed by atoms with Crippen LogP contribution in [0.25, 0.3) is 39.4 Å². The van der Waals surface area contributed by atoms with Gasteiger partial charge in [0.1, 0.15) is 28.8 Å². The predicted molar refractivity (Wildman–Crippen MR) is 283 cm³/mol. The number of anilines is 2. The number of amides is 2. The Bertz CT molecular complexity index is 3460. The Labute approximate surface area is 452 Å². The van der Waals surface area contributed by atoms with E-state index in [0.717, 1.165) is 43.4 Å². The molecule has 2 saturated carbocycles. The maximum Gasteiger partial charge on any atom is 0.390 e. The quantitative estimate of drug-likeness (QED) is 0.0475. The van der Waals surface area contributed by atoms with Crippen LogP contribution >= 0.6 is 0 Å². The normalized spacial score (nSPS) is 13.3. The minimum absolute atomic E-state index is 0.0980. The van der Waals surface area contributed by atoms with Crippen molar-refractivity contribution in [1.29, 1.82) is 0 Å². The minimum atomic E-state index is -4.39. The predicted octanol–water partition coefficient (Wildman–Crippen LogP) is 11.5. The highest BCUT2D eigenvalue weighted by molar-refractivity contribution is 6.10. The van der Waals surface area contributed by atoms with E-state index in [1.165, 1.54) is 65.8 Å². The van der Waals surface area contributed by atoms with E-state index < -0.39 is 49.2 Å². The van der Waals surface area contributed by atoms with Gasteiger partial charge < -0.3 is 30.7 Å². The molecule has 23 heteroatoms. The summed E-state index contributed by atoms with van der Waals surface area (Å²) in [6.07, 6.45) is -3.99. The summed E-state index contributed by atoms with van der Waals surface area (Å²) in [4.78, 5) is 47.4. The van der Waals surface area contributed by atoms with Gasteiger partial charge in [-0.2, -0.15) is 36.5 Å². The highest BCUT2D eigenvalue weighted by Crippen LogP contribution is 2.35. The fraction of sp³-hybridized carbons (Fsp3) is 0.281. The minimum Gasteiger partial charge on any atom is -0.496 e. The number of nitrogens with one attached hydrogen (secondary N) is 4. The summed E-state index contributed by atoms with van der Waals surface area (Å²) in [5, 5.41) is 20.6. The number of aromatic nitrogens is 6. The summed E-state index contributed by atoms with van der Waals surface area (Å²) in [5.74, 6) is -1.70. The highest BCUT2D eigenvalue weighted by atomic mass is 19.4. The summed E-state index contributed by atoms with van der Waals surface area (Å²) >= 11 is 0. The van der Waals surface area contributed by atoms with Crippen LogP contribution in [0, 0.1) is 25.5 Å². The Morgan fingerprint density at radius 3 is 1.44 bits per heavy atom. The first kappa shape index (κ1) is 55.9. The van der Waals surface area contributed by atoms with Crippen LogP contribution in [0.1, 0.15) is 97.7 Å². The van der Waals surface area contributed by atoms with Crippen molar-refractivity contribution in [3.8, 4) is 34.0 Å². The van der Waals surface area contributed by atoms with E-state index in [0.29, 0.717) is 67.4 Å². The van der Waals surface area contributed by atoms with Gasteiger partial charge in [0.05, 0.1) is 73.5 Å². The van der Waals surface area contributed by atoms with E-state index in [-0.39, 0.29) is 64.5 Å². The first-order chi connectivity index (χ1) is 38.1. The second-order valence-corrected chi connectivity index (χ2v) is 19.3. The third kappa shape index (κ3) is 13.0. The molecule has 10 rings (SSSR count). The van der Waals surface area contributed by atoms with Gasteiger partial charge in [-0.1, -0.05) is 18.7 Å². The van der Waals surface area contributed by atoms with Crippen molar-refractivity contribution in [3.63, 3.8) is 0 Å². The van der Waals surface area contributed by atoms with Crippen LogP contribution in [0.15, 0.2) is 104 Å². The molecule has 4 N–H and O–H groups in total. The van der Waals surface area contributed by atoms with Gasteiger partial charge in [0.25, 0.3) is 11.8 Å². The van der Waals surface area contributed by atoms with Gasteiger partial charge in [-0.05, 0) is 123 Å². The molecule has 0 bridgehead atoms. The number of halogens is 8. The summed E-state index contributed by atoms with van der Waals surface area (Å²) in [7, 11) is 2.77. The molecule has 4 heterocycles. The second-order valence-electron chi connectivity index (χ2n) is 19.3. The standard InChI is InChI=1S/C29H27F4N5O2.C28H25F4N5O3/c1-16-12-18(4-8-21(16)28(39)36-20-6-7-20)25-15-35-27-24(34-11-10-29(31,32)33)14-23(37-38(25)27)17(2)22-13-19(30)5-9-26(22)40-3;1-15-11-16(3-7-19(15)27(39)35-18-5-6-18)23-14-34-26-22(33-10-9-28(30,31)32)13-21(36-37(23)26)25(38)20-12-17(29)4-8-24(20)40-2/h4-5,8-9,12-15,20,34H,2,6-7,10-11H2,1,3H3,(H,36,39);3-4,7-8,11-14,18,33H,5-6,9-10H2,1-2H3,(H,35,39). The molecule has 4 aromatic heterocycles. The van der Waals surface area contributed by atoms with Gasteiger partial charge in [-0.15, -0.1) is 0 Å². The first-order valence-electron chi connectivity index (χ1n) is 25.2. The lowest BCUT2D eigenvalue weighted by molar-refractivity contribution is -0.132. The van der Waals surface area contributed by atoms with Crippen molar-refractivity contribution >= 4 is 45.8 Å². The largest absolute Gasteiger partial charge is 0.496 e. The van der Waals surface area contributed by atoms with E-state index in [1.807, 2.05) is 13.0 Å². The second kappa shape index (κ2) is 22.8. The number of fused-ring (bicyclic) bond motifs is 2. The fourth-order valence-electron chi connectivity index (χ4n) is 8.71. The molecule has 2 aliphatic rings. The molecule has 0 atom stereocenters. The smallest absolute Gasteiger partial charge is 0.390 e. The van der Waals surface area contributed by atoms with Crippen molar-refractivity contribution < 1.29 is 59.0 Å². The molecule has 416 valence electrons. The number of rotatable bonds is 18. The summed E-state index contributed by atoms with van der Waals surface area (Å²) in [6, 6.07) is 21.1. The number of carbonyl (C=O) groups excluding carboxylic acids is 3. The Kier molecular flexibility index (Phi) is 15.9. The SMILES string of the molecule is C=C(c1cc(NCCC(F)(F)F)c2ncc(-c3ccc(C(=O)NC4CC4)c(C)c3)n2n1)c1cc(F)ccc1OC.COc1ccc(F)cc1C(=O)c1cc(NCCC(F)(F)F)c2ncc(-c3ccc(C(=O)NC4CC4)c(C)c3)n2n1. The number of aryl methyl sites for hydroxylation is 2. The van der Waals surface area contributed by atoms with Crippen LogP contribution in [0.2, 0.25) is 0 Å². The van der Waals surface area contributed by atoms with Crippen LogP contribution in [0.5, 0.6) is 11.5 Å². The van der Waals surface area contributed by atoms with Crippen molar-refractivity contribution in [2.75, 3.05) is 37.9 Å². The van der Waals surface area contributed by atoms with Crippen LogP contribution in [0.4, 0.5) is 46.5 Å². The van der Waals surface area contributed by atoms with E-state index in [1.54, 1.807) is 43.5 Å². The molecule has 4 aromatic carbocycles. The van der Waals surface area contributed by atoms with Crippen LogP contribution < -0.4 is 30.7 Å². The van der Waals surface area contributed by atoms with Crippen molar-refractivity contribution in [1.82, 2.24) is 39.8 Å². The molecule has 2 amide bonds. The van der Waals surface area contributed by atoms with Gasteiger partial charge >= 0.3 is 12.4 Å². The fourth-order valence-corrected chi connectivity index (χ4v) is 8.71. The van der Waals surface area contributed by atoms with Crippen molar-refractivity contribution in [3.05, 3.63) is 160 Å². The van der Waals surface area contributed by atoms with Gasteiger partial charge in [0, 0.05) is 58.6 Å². The van der Waals surface area contributed by atoms with E-state index in [9.17, 15) is 49.5 Å². The maximum absolute atomic E-state index is 14.1. The lowest BCUT2D eigenvalue weighted by Crippen LogP contribution is -2.26. The molecule has 0 unspecified atom stereocenters. The monoisotopic (exact) mass is 1110 g/mol. The Hall–Kier alpha value is -8.89. The zero-order valence-electron chi connectivity index (χ0n) is 43.5. The number of imidazole rings is 2. The van der Waals surface area contributed by atoms with Gasteiger partial charge in [0.2, 0.25) is 5.78 Å². The number of ether oxygens (including phenoxy) is 2. The van der Waals surface area contributed by atoms with E-state index in [2.05, 4.69) is 48.0 Å². The molecule has 8 aromatic rings. The van der Waals surface area contributed by atoms with Gasteiger partial charge in [-0.25, -0.2) is 27.8 Å². The molecule has 15 nitrogen and oxygen atoms in total. The molecular formula is C57H52F8N10O5. The van der Waals surface area contributed by atoms with Crippen molar-refractivity contribution in [2.45, 2.75) is 76.8 Å². The molecular weight excluding hydrogens is 1060 g/mol. The molecule has 0 radical (unpaired) electrons. The third-order valence-corrected chi connectivity index (χ3v) is 13.2.